The summed E-state index contributed by atoms with van der Waals surface area (Å²) in [5, 5.41) is 0. The molecule has 4 rings (SSSR count). The lowest BCUT2D eigenvalue weighted by Gasteiger charge is -2.50. The van der Waals surface area contributed by atoms with Crippen LogP contribution in [-0.4, -0.2) is 25.8 Å². The molecule has 154 valence electrons. The lowest BCUT2D eigenvalue weighted by atomic mass is 9.57. The Morgan fingerprint density at radius 1 is 1.36 bits per heavy atom. The summed E-state index contributed by atoms with van der Waals surface area (Å²) in [5.74, 6) is 0.339. The molecular formula is C24H36N2O2. The number of hydrogen-bond acceptors (Lipinski definition) is 4. The van der Waals surface area contributed by atoms with E-state index in [1.54, 1.807) is 7.11 Å². The maximum absolute atomic E-state index is 8.94. The summed E-state index contributed by atoms with van der Waals surface area (Å²) < 4.78 is 46.0. The van der Waals surface area contributed by atoms with Gasteiger partial charge in [-0.1, -0.05) is 45.9 Å². The van der Waals surface area contributed by atoms with Gasteiger partial charge in [-0.3, -0.25) is 0 Å². The Morgan fingerprint density at radius 2 is 2.07 bits per heavy atom. The fourth-order valence-corrected chi connectivity index (χ4v) is 6.02. The van der Waals surface area contributed by atoms with E-state index in [0.717, 1.165) is 29.5 Å². The van der Waals surface area contributed by atoms with E-state index in [4.69, 9.17) is 25.7 Å². The SMILES string of the molecule is [2H]C([2H])(Cc1ccc2c(c1)C1(N=C(N)OC1([2H])[2H])C1(C2)C[C@@H](C)C(OC)[C@@H](C)C1)C(C)C. The zero-order chi connectivity index (χ0) is 23.7. The lowest BCUT2D eigenvalue weighted by molar-refractivity contribution is -0.0779. The van der Waals surface area contributed by atoms with Crippen molar-refractivity contribution < 1.29 is 15.0 Å². The minimum absolute atomic E-state index is 0.112. The van der Waals surface area contributed by atoms with Crippen LogP contribution in [0.1, 0.15) is 69.1 Å². The van der Waals surface area contributed by atoms with Crippen LogP contribution < -0.4 is 5.73 Å². The van der Waals surface area contributed by atoms with Crippen molar-refractivity contribution in [2.24, 2.45) is 33.9 Å². The minimum Gasteiger partial charge on any atom is -0.462 e. The number of nitrogens with zero attached hydrogens (tertiary/aromatic N) is 1. The van der Waals surface area contributed by atoms with E-state index in [9.17, 15) is 0 Å². The highest BCUT2D eigenvalue weighted by molar-refractivity contribution is 5.75. The highest BCUT2D eigenvalue weighted by Gasteiger charge is 2.63. The van der Waals surface area contributed by atoms with Crippen molar-refractivity contribution in [3.63, 3.8) is 0 Å². The summed E-state index contributed by atoms with van der Waals surface area (Å²) in [6.07, 6.45) is 1.24. The molecule has 4 heteroatoms. The van der Waals surface area contributed by atoms with E-state index in [0.29, 0.717) is 6.42 Å². The molecule has 0 amide bonds. The molecule has 0 aromatic heterocycles. The summed E-state index contributed by atoms with van der Waals surface area (Å²) >= 11 is 0. The molecule has 2 N–H and O–H groups in total. The second-order valence-corrected chi connectivity index (χ2v) is 9.41. The summed E-state index contributed by atoms with van der Waals surface area (Å²) in [4.78, 5) is 4.75. The van der Waals surface area contributed by atoms with Crippen molar-refractivity contribution in [3.8, 4) is 0 Å². The Bertz CT molecular complexity index is 921. The Hall–Kier alpha value is -1.55. The maximum Gasteiger partial charge on any atom is 0.283 e. The van der Waals surface area contributed by atoms with Gasteiger partial charge in [0.05, 0.1) is 8.85 Å². The van der Waals surface area contributed by atoms with E-state index in [-0.39, 0.29) is 36.3 Å². The number of rotatable bonds is 4. The molecule has 1 aromatic carbocycles. The first-order valence-corrected chi connectivity index (χ1v) is 10.5. The second-order valence-electron chi connectivity index (χ2n) is 9.41. The molecule has 1 heterocycles. The number of benzene rings is 1. The van der Waals surface area contributed by atoms with Crippen LogP contribution in [0.25, 0.3) is 0 Å². The van der Waals surface area contributed by atoms with Crippen molar-refractivity contribution in [2.45, 2.75) is 71.4 Å². The predicted molar refractivity (Wildman–Crippen MR) is 113 cm³/mol. The van der Waals surface area contributed by atoms with Crippen LogP contribution >= 0.6 is 0 Å². The number of amidine groups is 1. The van der Waals surface area contributed by atoms with Crippen LogP contribution in [0.5, 0.6) is 0 Å². The number of hydrogen-bond donors (Lipinski definition) is 1. The molecule has 2 spiro atoms. The van der Waals surface area contributed by atoms with Crippen LogP contribution in [0.3, 0.4) is 0 Å². The van der Waals surface area contributed by atoms with Crippen molar-refractivity contribution >= 4 is 6.02 Å². The fourth-order valence-electron chi connectivity index (χ4n) is 6.02. The fraction of sp³-hybridized carbons (Fsp3) is 0.708. The Morgan fingerprint density at radius 3 is 2.64 bits per heavy atom. The molecule has 2 aliphatic carbocycles. The van der Waals surface area contributed by atoms with E-state index >= 15 is 0 Å². The Labute approximate surface area is 175 Å². The first-order chi connectivity index (χ1) is 14.8. The van der Waals surface area contributed by atoms with Gasteiger partial charge in [0, 0.05) is 15.3 Å². The molecule has 4 nitrogen and oxygen atoms in total. The molecule has 1 saturated carbocycles. The van der Waals surface area contributed by atoms with E-state index in [1.165, 1.54) is 0 Å². The molecule has 0 saturated heterocycles. The van der Waals surface area contributed by atoms with Gasteiger partial charge in [-0.15, -0.1) is 0 Å². The lowest BCUT2D eigenvalue weighted by Crippen LogP contribution is -2.51. The van der Waals surface area contributed by atoms with Gasteiger partial charge in [-0.2, -0.15) is 0 Å². The van der Waals surface area contributed by atoms with E-state index in [1.807, 2.05) is 32.0 Å². The molecular weight excluding hydrogens is 348 g/mol. The molecule has 0 bridgehead atoms. The van der Waals surface area contributed by atoms with Crippen LogP contribution in [0.4, 0.5) is 0 Å². The standard InChI is InChI=1S/C24H36N2O2/c1-15(2)6-7-18-8-9-19-13-23(11-16(3)21(27-5)17(4)12-23)24(20(19)10-18)14-28-22(25)26-24/h8-10,15-17,21H,6-7,11-14H2,1-5H3,(H2,25,26)/t16-,17+,21?,23?,24?/i6D2,14D2. The molecule has 3 aliphatic rings. The molecule has 3 unspecified atom stereocenters. The summed E-state index contributed by atoms with van der Waals surface area (Å²) in [6.45, 7) is 6.02. The largest absolute Gasteiger partial charge is 0.462 e. The molecule has 1 fully saturated rings. The first-order valence-electron chi connectivity index (χ1n) is 12.5. The highest BCUT2D eigenvalue weighted by atomic mass is 16.5. The number of nitrogens with two attached hydrogens (primary N) is 1. The predicted octanol–water partition coefficient (Wildman–Crippen LogP) is 4.44. The smallest absolute Gasteiger partial charge is 0.283 e. The van der Waals surface area contributed by atoms with Gasteiger partial charge in [-0.25, -0.2) is 4.99 Å². The quantitative estimate of drug-likeness (QED) is 0.830. The summed E-state index contributed by atoms with van der Waals surface area (Å²) in [6, 6.07) is 5.87. The summed E-state index contributed by atoms with van der Waals surface area (Å²) in [5.41, 5.74) is 6.99. The van der Waals surface area contributed by atoms with Gasteiger partial charge in [-0.05, 0) is 66.5 Å². The van der Waals surface area contributed by atoms with Crippen molar-refractivity contribution in [3.05, 3.63) is 34.9 Å². The van der Waals surface area contributed by atoms with Crippen molar-refractivity contribution in [2.75, 3.05) is 13.7 Å². The number of aryl methyl sites for hydroxylation is 1. The van der Waals surface area contributed by atoms with E-state index in [2.05, 4.69) is 13.8 Å². The zero-order valence-corrected chi connectivity index (χ0v) is 17.7. The topological polar surface area (TPSA) is 56.8 Å². The summed E-state index contributed by atoms with van der Waals surface area (Å²) in [7, 11) is 1.75. The van der Waals surface area contributed by atoms with Gasteiger partial charge in [0.2, 0.25) is 0 Å². The first kappa shape index (κ1) is 15.3. The van der Waals surface area contributed by atoms with Gasteiger partial charge < -0.3 is 15.2 Å². The average Bonchev–Trinajstić information content (AvgIpc) is 3.05. The second kappa shape index (κ2) is 7.05. The normalized spacial score (nSPS) is 41.2. The van der Waals surface area contributed by atoms with Gasteiger partial charge in [0.1, 0.15) is 12.1 Å². The monoisotopic (exact) mass is 388 g/mol. The maximum atomic E-state index is 8.94. The molecule has 1 aliphatic heterocycles. The molecule has 5 atom stereocenters. The van der Waals surface area contributed by atoms with Crippen LogP contribution in [0.2, 0.25) is 0 Å². The Balaban J connectivity index is 1.86. The highest BCUT2D eigenvalue weighted by Crippen LogP contribution is 2.63. The third kappa shape index (κ3) is 2.96. The number of aliphatic imine (C=N–C) groups is 1. The minimum atomic E-state index is -2.09. The molecule has 28 heavy (non-hydrogen) atoms. The number of methoxy groups -OCH3 is 1. The van der Waals surface area contributed by atoms with Crippen molar-refractivity contribution in [1.29, 1.82) is 0 Å². The molecule has 0 radical (unpaired) electrons. The third-order valence-corrected chi connectivity index (χ3v) is 6.98. The van der Waals surface area contributed by atoms with Crippen molar-refractivity contribution in [1.82, 2.24) is 0 Å². The Kier molecular flexibility index (Phi) is 3.86. The average molecular weight is 389 g/mol. The van der Waals surface area contributed by atoms with Crippen LogP contribution in [0.15, 0.2) is 23.2 Å². The van der Waals surface area contributed by atoms with Gasteiger partial charge >= 0.3 is 0 Å². The number of ether oxygens (including phenoxy) is 2. The van der Waals surface area contributed by atoms with Crippen LogP contribution in [0, 0.1) is 23.2 Å². The zero-order valence-electron chi connectivity index (χ0n) is 21.7. The van der Waals surface area contributed by atoms with E-state index < -0.39 is 23.9 Å². The number of fused-ring (bicyclic) bond motifs is 3. The molecule has 1 aromatic rings. The van der Waals surface area contributed by atoms with Gasteiger partial charge in [0.15, 0.2) is 0 Å². The third-order valence-electron chi connectivity index (χ3n) is 6.98. The van der Waals surface area contributed by atoms with Crippen LogP contribution in [-0.2, 0) is 27.9 Å². The van der Waals surface area contributed by atoms with Gasteiger partial charge in [0.25, 0.3) is 6.02 Å².